The lowest BCUT2D eigenvalue weighted by atomic mass is 9.99. The van der Waals surface area contributed by atoms with E-state index >= 15 is 0 Å². The fraction of sp³-hybridized carbons (Fsp3) is 0.375. The van der Waals surface area contributed by atoms with E-state index < -0.39 is 37.3 Å². The second-order valence-corrected chi connectivity index (χ2v) is 5.32. The molecule has 5 atom stereocenters. The van der Waals surface area contributed by atoms with Crippen LogP contribution in [0.3, 0.4) is 0 Å². The highest BCUT2D eigenvalue weighted by atomic mass is 16.7. The molecule has 1 saturated heterocycles. The Kier molecular flexibility index (Phi) is 5.53. The zero-order valence-corrected chi connectivity index (χ0v) is 12.2. The van der Waals surface area contributed by atoms with Crippen molar-refractivity contribution in [3.8, 4) is 5.75 Å². The van der Waals surface area contributed by atoms with Crippen LogP contribution in [0.4, 0.5) is 0 Å². The molecule has 0 radical (unpaired) electrons. The highest BCUT2D eigenvalue weighted by Gasteiger charge is 2.44. The minimum atomic E-state index is -1.45. The summed E-state index contributed by atoms with van der Waals surface area (Å²) in [7, 11) is 0. The molecule has 1 unspecified atom stereocenters. The fourth-order valence-corrected chi connectivity index (χ4v) is 2.54. The summed E-state index contributed by atoms with van der Waals surface area (Å²) in [6.45, 7) is -0.484. The zero-order valence-electron chi connectivity index (χ0n) is 12.2. The fourth-order valence-electron chi connectivity index (χ4n) is 2.54. The molecule has 23 heavy (non-hydrogen) atoms. The van der Waals surface area contributed by atoms with Crippen LogP contribution in [0.1, 0.15) is 0 Å². The van der Waals surface area contributed by atoms with E-state index in [4.69, 9.17) is 14.6 Å². The van der Waals surface area contributed by atoms with Gasteiger partial charge in [-0.3, -0.25) is 0 Å². The maximum absolute atomic E-state index is 9.95. The van der Waals surface area contributed by atoms with Gasteiger partial charge in [0.15, 0.2) is 0 Å². The van der Waals surface area contributed by atoms with Crippen molar-refractivity contribution >= 4 is 10.8 Å². The Morgan fingerprint density at radius 1 is 0.913 bits per heavy atom. The van der Waals surface area contributed by atoms with Crippen LogP contribution in [0.25, 0.3) is 10.8 Å². The monoisotopic (exact) mass is 324 g/mol. The SMILES string of the molecule is O.OC[C@H]1OC(Oc2ccc3ccccc3c2)[C@H](O)[C@@H](O)[C@H]1O. The summed E-state index contributed by atoms with van der Waals surface area (Å²) in [5, 5.41) is 40.6. The molecule has 2 aromatic carbocycles. The number of hydrogen-bond acceptors (Lipinski definition) is 6. The Hall–Kier alpha value is -1.74. The molecule has 7 heteroatoms. The van der Waals surface area contributed by atoms with Crippen LogP contribution >= 0.6 is 0 Å². The van der Waals surface area contributed by atoms with Crippen molar-refractivity contribution in [2.24, 2.45) is 0 Å². The predicted molar refractivity (Wildman–Crippen MR) is 82.0 cm³/mol. The van der Waals surface area contributed by atoms with Gasteiger partial charge in [0.05, 0.1) is 6.61 Å². The number of benzene rings is 2. The van der Waals surface area contributed by atoms with Crippen molar-refractivity contribution in [2.75, 3.05) is 6.61 Å². The normalized spacial score (nSPS) is 30.7. The van der Waals surface area contributed by atoms with Crippen molar-refractivity contribution in [1.29, 1.82) is 0 Å². The number of hydrogen-bond donors (Lipinski definition) is 4. The first-order valence-electron chi connectivity index (χ1n) is 7.06. The quantitative estimate of drug-likeness (QED) is 0.584. The van der Waals surface area contributed by atoms with Gasteiger partial charge in [0.25, 0.3) is 0 Å². The first-order chi connectivity index (χ1) is 10.6. The summed E-state index contributed by atoms with van der Waals surface area (Å²) in [6, 6.07) is 13.1. The van der Waals surface area contributed by atoms with Gasteiger partial charge >= 0.3 is 0 Å². The first kappa shape index (κ1) is 17.6. The molecule has 0 bridgehead atoms. The number of aliphatic hydroxyl groups excluding tert-OH is 4. The van der Waals surface area contributed by atoms with Crippen LogP contribution in [0, 0.1) is 0 Å². The number of ether oxygens (including phenoxy) is 2. The van der Waals surface area contributed by atoms with E-state index in [-0.39, 0.29) is 5.48 Å². The van der Waals surface area contributed by atoms with Gasteiger partial charge in [0.2, 0.25) is 6.29 Å². The summed E-state index contributed by atoms with van der Waals surface area (Å²) in [4.78, 5) is 0. The second-order valence-electron chi connectivity index (χ2n) is 5.32. The molecule has 1 heterocycles. The van der Waals surface area contributed by atoms with Gasteiger partial charge in [-0.05, 0) is 22.9 Å². The Balaban J connectivity index is 0.00000192. The maximum atomic E-state index is 9.95. The topological polar surface area (TPSA) is 131 Å². The molecule has 0 saturated carbocycles. The van der Waals surface area contributed by atoms with Crippen molar-refractivity contribution in [3.63, 3.8) is 0 Å². The smallest absolute Gasteiger partial charge is 0.229 e. The molecular weight excluding hydrogens is 304 g/mol. The van der Waals surface area contributed by atoms with E-state index in [9.17, 15) is 15.3 Å². The van der Waals surface area contributed by atoms with Gasteiger partial charge < -0.3 is 35.4 Å². The average Bonchev–Trinajstić information content (AvgIpc) is 2.55. The molecule has 1 aliphatic heterocycles. The average molecular weight is 324 g/mol. The molecule has 7 nitrogen and oxygen atoms in total. The minimum absolute atomic E-state index is 0. The summed E-state index contributed by atoms with van der Waals surface area (Å²) >= 11 is 0. The van der Waals surface area contributed by atoms with Gasteiger partial charge in [0, 0.05) is 0 Å². The third kappa shape index (κ3) is 3.45. The Labute approximate surface area is 132 Å². The maximum Gasteiger partial charge on any atom is 0.229 e. The lowest BCUT2D eigenvalue weighted by Gasteiger charge is -2.39. The Morgan fingerprint density at radius 2 is 1.61 bits per heavy atom. The lowest BCUT2D eigenvalue weighted by molar-refractivity contribution is -0.277. The molecule has 2 aromatic rings. The van der Waals surface area contributed by atoms with Gasteiger partial charge in [-0.25, -0.2) is 0 Å². The largest absolute Gasteiger partial charge is 0.462 e. The molecule has 0 spiro atoms. The molecule has 1 aliphatic rings. The molecule has 6 N–H and O–H groups in total. The van der Waals surface area contributed by atoms with Gasteiger partial charge in [0.1, 0.15) is 30.2 Å². The molecule has 1 fully saturated rings. The van der Waals surface area contributed by atoms with Crippen molar-refractivity contribution in [1.82, 2.24) is 0 Å². The van der Waals surface area contributed by atoms with E-state index in [1.807, 2.05) is 30.3 Å². The molecule has 0 aliphatic carbocycles. The van der Waals surface area contributed by atoms with E-state index in [0.29, 0.717) is 5.75 Å². The number of aliphatic hydroxyl groups is 4. The van der Waals surface area contributed by atoms with Gasteiger partial charge in [-0.15, -0.1) is 0 Å². The standard InChI is InChI=1S/C16H18O6.H2O/c17-8-12-13(18)14(19)15(20)16(22-12)21-11-6-5-9-3-1-2-4-10(9)7-11;/h1-7,12-20H,8H2;1H2/t12-,13+,14+,15-,16?;/m1./s1. The summed E-state index contributed by atoms with van der Waals surface area (Å²) in [5.74, 6) is 0.461. The van der Waals surface area contributed by atoms with E-state index in [1.54, 1.807) is 12.1 Å². The Morgan fingerprint density at radius 3 is 2.30 bits per heavy atom. The minimum Gasteiger partial charge on any atom is -0.462 e. The van der Waals surface area contributed by atoms with E-state index in [2.05, 4.69) is 0 Å². The van der Waals surface area contributed by atoms with Crippen LogP contribution in [-0.4, -0.2) is 63.2 Å². The Bertz CT molecular complexity index is 645. The van der Waals surface area contributed by atoms with Crippen LogP contribution in [0.5, 0.6) is 5.75 Å². The third-order valence-corrected chi connectivity index (χ3v) is 3.82. The van der Waals surface area contributed by atoms with Crippen LogP contribution < -0.4 is 4.74 Å². The molecule has 3 rings (SSSR count). The molecule has 0 amide bonds. The predicted octanol–water partition coefficient (Wildman–Crippen LogP) is -0.806. The summed E-state index contributed by atoms with van der Waals surface area (Å²) < 4.78 is 10.9. The summed E-state index contributed by atoms with van der Waals surface area (Å²) in [6.07, 6.45) is -6.40. The van der Waals surface area contributed by atoms with Crippen LogP contribution in [0.2, 0.25) is 0 Å². The second kappa shape index (κ2) is 7.22. The van der Waals surface area contributed by atoms with Crippen molar-refractivity contribution < 1.29 is 35.4 Å². The molecular formula is C16H20O7. The van der Waals surface area contributed by atoms with Crippen LogP contribution in [0.15, 0.2) is 42.5 Å². The third-order valence-electron chi connectivity index (χ3n) is 3.82. The number of fused-ring (bicyclic) bond motifs is 1. The van der Waals surface area contributed by atoms with Gasteiger partial charge in [-0.1, -0.05) is 30.3 Å². The van der Waals surface area contributed by atoms with Crippen LogP contribution in [-0.2, 0) is 4.74 Å². The number of rotatable bonds is 3. The first-order valence-corrected chi connectivity index (χ1v) is 7.06. The van der Waals surface area contributed by atoms with Gasteiger partial charge in [-0.2, -0.15) is 0 Å². The van der Waals surface area contributed by atoms with E-state index in [0.717, 1.165) is 10.8 Å². The highest BCUT2D eigenvalue weighted by molar-refractivity contribution is 5.83. The lowest BCUT2D eigenvalue weighted by Crippen LogP contribution is -2.60. The highest BCUT2D eigenvalue weighted by Crippen LogP contribution is 2.26. The van der Waals surface area contributed by atoms with Crippen molar-refractivity contribution in [2.45, 2.75) is 30.7 Å². The van der Waals surface area contributed by atoms with Crippen molar-refractivity contribution in [3.05, 3.63) is 42.5 Å². The molecule has 0 aromatic heterocycles. The summed E-state index contributed by atoms with van der Waals surface area (Å²) in [5.41, 5.74) is 0. The van der Waals surface area contributed by atoms with E-state index in [1.165, 1.54) is 0 Å². The molecule has 126 valence electrons. The zero-order chi connectivity index (χ0) is 15.7.